The molecule has 17 heavy (non-hydrogen) atoms. The van der Waals surface area contributed by atoms with Gasteiger partial charge in [0.2, 0.25) is 0 Å². The van der Waals surface area contributed by atoms with Gasteiger partial charge in [0.1, 0.15) is 0 Å². The van der Waals surface area contributed by atoms with Crippen LogP contribution in [0.2, 0.25) is 0 Å². The highest BCUT2D eigenvalue weighted by molar-refractivity contribution is 5.72. The molecule has 0 saturated carbocycles. The molecule has 3 heteroatoms. The number of carboxylic acid groups (broad SMARTS) is 1. The molecule has 1 aromatic rings. The van der Waals surface area contributed by atoms with Gasteiger partial charge in [-0.15, -0.1) is 0 Å². The predicted octanol–water partition coefficient (Wildman–Crippen LogP) is 2.67. The van der Waals surface area contributed by atoms with Crippen molar-refractivity contribution < 1.29 is 14.6 Å². The van der Waals surface area contributed by atoms with E-state index in [1.54, 1.807) is 0 Å². The minimum Gasteiger partial charge on any atom is -0.479 e. The lowest BCUT2D eigenvalue weighted by Crippen LogP contribution is -2.27. The Labute approximate surface area is 102 Å². The summed E-state index contributed by atoms with van der Waals surface area (Å²) in [5.74, 6) is -0.885. The van der Waals surface area contributed by atoms with Gasteiger partial charge in [-0.05, 0) is 24.0 Å². The van der Waals surface area contributed by atoms with Crippen LogP contribution in [0.25, 0.3) is 0 Å². The molecule has 0 aliphatic heterocycles. The maximum atomic E-state index is 11.1. The van der Waals surface area contributed by atoms with E-state index in [0.29, 0.717) is 13.0 Å². The topological polar surface area (TPSA) is 46.5 Å². The molecule has 1 aromatic carbocycles. The van der Waals surface area contributed by atoms with Crippen molar-refractivity contribution in [1.29, 1.82) is 0 Å². The number of ether oxygens (including phenoxy) is 1. The first-order valence-electron chi connectivity index (χ1n) is 6.10. The van der Waals surface area contributed by atoms with E-state index in [1.165, 1.54) is 5.56 Å². The van der Waals surface area contributed by atoms with Crippen molar-refractivity contribution in [3.05, 3.63) is 35.4 Å². The Bertz CT molecular complexity index is 360. The Hall–Kier alpha value is -1.35. The number of rotatable bonds is 7. The third-order valence-corrected chi connectivity index (χ3v) is 2.70. The minimum absolute atomic E-state index is 0.444. The molecule has 0 heterocycles. The number of aliphatic carboxylic acids is 1. The van der Waals surface area contributed by atoms with Crippen molar-refractivity contribution in [3.8, 4) is 0 Å². The molecule has 94 valence electrons. The second-order valence-corrected chi connectivity index (χ2v) is 4.02. The summed E-state index contributed by atoms with van der Waals surface area (Å²) in [6.07, 6.45) is 1.46. The van der Waals surface area contributed by atoms with Crippen LogP contribution in [0.4, 0.5) is 0 Å². The van der Waals surface area contributed by atoms with Crippen molar-refractivity contribution >= 4 is 5.97 Å². The van der Waals surface area contributed by atoms with Crippen molar-refractivity contribution in [3.63, 3.8) is 0 Å². The number of carbonyl (C=O) groups is 1. The summed E-state index contributed by atoms with van der Waals surface area (Å²) >= 11 is 0. The fraction of sp³-hybridized carbons (Fsp3) is 0.500. The van der Waals surface area contributed by atoms with E-state index < -0.39 is 12.1 Å². The standard InChI is InChI=1S/C14H20O3/c1-3-9-17-13(14(15)16)10-12-8-6-5-7-11(12)4-2/h5-8,13H,3-4,9-10H2,1-2H3,(H,15,16). The van der Waals surface area contributed by atoms with Crippen LogP contribution in [-0.4, -0.2) is 23.8 Å². The first-order valence-corrected chi connectivity index (χ1v) is 6.10. The highest BCUT2D eigenvalue weighted by Crippen LogP contribution is 2.13. The zero-order valence-corrected chi connectivity index (χ0v) is 10.5. The third-order valence-electron chi connectivity index (χ3n) is 2.70. The van der Waals surface area contributed by atoms with Gasteiger partial charge in [-0.25, -0.2) is 4.79 Å². The fourth-order valence-corrected chi connectivity index (χ4v) is 1.78. The fourth-order valence-electron chi connectivity index (χ4n) is 1.78. The lowest BCUT2D eigenvalue weighted by molar-refractivity contribution is -0.150. The molecule has 1 atom stereocenters. The molecular weight excluding hydrogens is 216 g/mol. The Kier molecular flexibility index (Phi) is 5.70. The zero-order valence-electron chi connectivity index (χ0n) is 10.5. The maximum absolute atomic E-state index is 11.1. The summed E-state index contributed by atoms with van der Waals surface area (Å²) in [6.45, 7) is 4.53. The molecule has 0 aliphatic rings. The smallest absolute Gasteiger partial charge is 0.333 e. The molecule has 0 bridgehead atoms. The van der Waals surface area contributed by atoms with E-state index in [4.69, 9.17) is 9.84 Å². The zero-order chi connectivity index (χ0) is 12.7. The summed E-state index contributed by atoms with van der Waals surface area (Å²) in [6, 6.07) is 7.93. The van der Waals surface area contributed by atoms with Crippen LogP contribution >= 0.6 is 0 Å². The van der Waals surface area contributed by atoms with E-state index in [2.05, 4.69) is 6.92 Å². The van der Waals surface area contributed by atoms with Crippen LogP contribution in [0.15, 0.2) is 24.3 Å². The Morgan fingerprint density at radius 1 is 1.29 bits per heavy atom. The Balaban J connectivity index is 2.74. The molecule has 1 N–H and O–H groups in total. The first-order chi connectivity index (χ1) is 8.19. The molecule has 0 aromatic heterocycles. The third kappa shape index (κ3) is 4.19. The van der Waals surface area contributed by atoms with Crippen molar-refractivity contribution in [1.82, 2.24) is 0 Å². The first kappa shape index (κ1) is 13.7. The van der Waals surface area contributed by atoms with Gasteiger partial charge in [-0.3, -0.25) is 0 Å². The van der Waals surface area contributed by atoms with Crippen LogP contribution in [-0.2, 0) is 22.4 Å². The molecule has 1 unspecified atom stereocenters. The number of benzene rings is 1. The van der Waals surface area contributed by atoms with Crippen LogP contribution < -0.4 is 0 Å². The maximum Gasteiger partial charge on any atom is 0.333 e. The van der Waals surface area contributed by atoms with Crippen LogP contribution in [0.3, 0.4) is 0 Å². The summed E-state index contributed by atoms with van der Waals surface area (Å²) in [4.78, 5) is 11.1. The molecule has 0 fully saturated rings. The number of aryl methyl sites for hydroxylation is 1. The molecular formula is C14H20O3. The van der Waals surface area contributed by atoms with Crippen molar-refractivity contribution in [2.75, 3.05) is 6.61 Å². The summed E-state index contributed by atoms with van der Waals surface area (Å²) < 4.78 is 5.36. The molecule has 0 aliphatic carbocycles. The summed E-state index contributed by atoms with van der Waals surface area (Å²) in [5, 5.41) is 9.10. The summed E-state index contributed by atoms with van der Waals surface area (Å²) in [7, 11) is 0. The van der Waals surface area contributed by atoms with E-state index in [1.807, 2.05) is 31.2 Å². The predicted molar refractivity (Wildman–Crippen MR) is 67.2 cm³/mol. The molecule has 1 rings (SSSR count). The quantitative estimate of drug-likeness (QED) is 0.791. The van der Waals surface area contributed by atoms with Gasteiger partial charge in [-0.1, -0.05) is 38.1 Å². The highest BCUT2D eigenvalue weighted by atomic mass is 16.5. The lowest BCUT2D eigenvalue weighted by atomic mass is 10.00. The summed E-state index contributed by atoms with van der Waals surface area (Å²) in [5.41, 5.74) is 2.26. The van der Waals surface area contributed by atoms with Gasteiger partial charge < -0.3 is 9.84 Å². The molecule has 3 nitrogen and oxygen atoms in total. The van der Waals surface area contributed by atoms with Gasteiger partial charge in [0.15, 0.2) is 6.10 Å². The van der Waals surface area contributed by atoms with Crippen molar-refractivity contribution in [2.24, 2.45) is 0 Å². The van der Waals surface area contributed by atoms with Gasteiger partial charge in [0.25, 0.3) is 0 Å². The molecule has 0 spiro atoms. The second kappa shape index (κ2) is 7.07. The van der Waals surface area contributed by atoms with Gasteiger partial charge in [0.05, 0.1) is 0 Å². The normalized spacial score (nSPS) is 12.4. The average molecular weight is 236 g/mol. The van der Waals surface area contributed by atoms with E-state index >= 15 is 0 Å². The monoisotopic (exact) mass is 236 g/mol. The van der Waals surface area contributed by atoms with E-state index in [-0.39, 0.29) is 0 Å². The van der Waals surface area contributed by atoms with E-state index in [9.17, 15) is 4.79 Å². The number of carboxylic acids is 1. The number of hydrogen-bond acceptors (Lipinski definition) is 2. The Morgan fingerprint density at radius 2 is 1.94 bits per heavy atom. The van der Waals surface area contributed by atoms with Gasteiger partial charge in [0, 0.05) is 13.0 Å². The van der Waals surface area contributed by atoms with Gasteiger partial charge >= 0.3 is 5.97 Å². The van der Waals surface area contributed by atoms with Crippen molar-refractivity contribution in [2.45, 2.75) is 39.2 Å². The largest absolute Gasteiger partial charge is 0.479 e. The molecule has 0 saturated heterocycles. The number of hydrogen-bond donors (Lipinski definition) is 1. The SMILES string of the molecule is CCCOC(Cc1ccccc1CC)C(=O)O. The highest BCUT2D eigenvalue weighted by Gasteiger charge is 2.19. The van der Waals surface area contributed by atoms with Crippen LogP contribution in [0.5, 0.6) is 0 Å². The minimum atomic E-state index is -0.885. The average Bonchev–Trinajstić information content (AvgIpc) is 2.34. The second-order valence-electron chi connectivity index (χ2n) is 4.02. The van der Waals surface area contributed by atoms with E-state index in [0.717, 1.165) is 18.4 Å². The molecule has 0 radical (unpaired) electrons. The Morgan fingerprint density at radius 3 is 2.47 bits per heavy atom. The van der Waals surface area contributed by atoms with Crippen LogP contribution in [0, 0.1) is 0 Å². The molecule has 0 amide bonds. The van der Waals surface area contributed by atoms with Crippen LogP contribution in [0.1, 0.15) is 31.4 Å². The lowest BCUT2D eigenvalue weighted by Gasteiger charge is -2.15. The van der Waals surface area contributed by atoms with Gasteiger partial charge in [-0.2, -0.15) is 0 Å².